The Kier molecular flexibility index (Phi) is 3.82. The molecule has 70 valence electrons. The number of nitrogens with one attached hydrogen (secondary N) is 1. The summed E-state index contributed by atoms with van der Waals surface area (Å²) < 4.78 is 0. The molecule has 3 N–H and O–H groups in total. The van der Waals surface area contributed by atoms with E-state index in [0.29, 0.717) is 0 Å². The average Bonchev–Trinajstić information content (AvgIpc) is 2.13. The fourth-order valence-electron chi connectivity index (χ4n) is 0.994. The van der Waals surface area contributed by atoms with Crippen LogP contribution in [0.5, 0.6) is 0 Å². The largest absolute Gasteiger partial charge is 0.399 e. The monoisotopic (exact) mass is 177 g/mol. The van der Waals surface area contributed by atoms with E-state index in [-0.39, 0.29) is 0 Å². The first kappa shape index (κ1) is 9.58. The lowest BCUT2D eigenvalue weighted by Gasteiger charge is -2.03. The molecular formula is C10H15N3. The van der Waals surface area contributed by atoms with Crippen molar-refractivity contribution < 1.29 is 0 Å². The van der Waals surface area contributed by atoms with Gasteiger partial charge in [0, 0.05) is 24.5 Å². The maximum absolute atomic E-state index is 5.60. The van der Waals surface area contributed by atoms with Crippen LogP contribution >= 0.6 is 0 Å². The van der Waals surface area contributed by atoms with Gasteiger partial charge in [0.25, 0.3) is 0 Å². The van der Waals surface area contributed by atoms with Crippen molar-refractivity contribution in [1.29, 1.82) is 0 Å². The third kappa shape index (κ3) is 3.60. The van der Waals surface area contributed by atoms with Gasteiger partial charge >= 0.3 is 0 Å². The topological polar surface area (TPSA) is 50.9 Å². The van der Waals surface area contributed by atoms with E-state index in [1.54, 1.807) is 12.3 Å². The zero-order chi connectivity index (χ0) is 9.52. The molecule has 0 radical (unpaired) electrons. The SMILES string of the molecule is C/C=C/CCNc1cc(N)ccn1. The Bertz CT molecular complexity index is 281. The number of anilines is 2. The first-order valence-corrected chi connectivity index (χ1v) is 4.39. The van der Waals surface area contributed by atoms with Gasteiger partial charge in [0.1, 0.15) is 5.82 Å². The molecule has 3 heteroatoms. The van der Waals surface area contributed by atoms with Crippen LogP contribution in [0.1, 0.15) is 13.3 Å². The van der Waals surface area contributed by atoms with Crippen molar-refractivity contribution in [3.63, 3.8) is 0 Å². The van der Waals surface area contributed by atoms with E-state index in [4.69, 9.17) is 5.73 Å². The predicted molar refractivity (Wildman–Crippen MR) is 56.6 cm³/mol. The van der Waals surface area contributed by atoms with Crippen LogP contribution in [0.15, 0.2) is 30.5 Å². The maximum atomic E-state index is 5.60. The molecule has 1 heterocycles. The van der Waals surface area contributed by atoms with E-state index in [1.807, 2.05) is 19.1 Å². The smallest absolute Gasteiger partial charge is 0.127 e. The molecule has 0 saturated carbocycles. The van der Waals surface area contributed by atoms with E-state index < -0.39 is 0 Å². The highest BCUT2D eigenvalue weighted by molar-refractivity contribution is 5.48. The molecule has 0 aliphatic carbocycles. The highest BCUT2D eigenvalue weighted by Crippen LogP contribution is 2.07. The molecular weight excluding hydrogens is 162 g/mol. The first-order chi connectivity index (χ1) is 6.33. The Hall–Kier alpha value is -1.51. The van der Waals surface area contributed by atoms with Crippen LogP contribution in [0.4, 0.5) is 11.5 Å². The Labute approximate surface area is 78.7 Å². The van der Waals surface area contributed by atoms with Gasteiger partial charge in [0.2, 0.25) is 0 Å². The summed E-state index contributed by atoms with van der Waals surface area (Å²) >= 11 is 0. The van der Waals surface area contributed by atoms with Gasteiger partial charge in [-0.15, -0.1) is 0 Å². The summed E-state index contributed by atoms with van der Waals surface area (Å²) in [5, 5.41) is 3.18. The molecule has 0 spiro atoms. The molecule has 0 unspecified atom stereocenters. The molecule has 1 rings (SSSR count). The van der Waals surface area contributed by atoms with Gasteiger partial charge in [-0.05, 0) is 19.4 Å². The van der Waals surface area contributed by atoms with E-state index in [0.717, 1.165) is 24.5 Å². The minimum atomic E-state index is 0.739. The van der Waals surface area contributed by atoms with E-state index in [2.05, 4.69) is 16.4 Å². The zero-order valence-corrected chi connectivity index (χ0v) is 7.83. The predicted octanol–water partition coefficient (Wildman–Crippen LogP) is 2.04. The average molecular weight is 177 g/mol. The van der Waals surface area contributed by atoms with Gasteiger partial charge in [-0.2, -0.15) is 0 Å². The van der Waals surface area contributed by atoms with Gasteiger partial charge in [-0.3, -0.25) is 0 Å². The molecule has 1 aromatic rings. The summed E-state index contributed by atoms with van der Waals surface area (Å²) in [6, 6.07) is 3.60. The van der Waals surface area contributed by atoms with Crippen molar-refractivity contribution in [3.8, 4) is 0 Å². The molecule has 0 saturated heterocycles. The van der Waals surface area contributed by atoms with Crippen molar-refractivity contribution in [2.75, 3.05) is 17.6 Å². The van der Waals surface area contributed by atoms with Crippen LogP contribution in [0.3, 0.4) is 0 Å². The summed E-state index contributed by atoms with van der Waals surface area (Å²) in [6.07, 6.45) is 6.86. The van der Waals surface area contributed by atoms with Gasteiger partial charge in [-0.1, -0.05) is 12.2 Å². The highest BCUT2D eigenvalue weighted by Gasteiger charge is 1.91. The third-order valence-electron chi connectivity index (χ3n) is 1.64. The van der Waals surface area contributed by atoms with Gasteiger partial charge in [-0.25, -0.2) is 4.98 Å². The standard InChI is InChI=1S/C10H15N3/c1-2-3-4-6-12-10-8-9(11)5-7-13-10/h2-3,5,7-8H,4,6H2,1H3,(H3,11,12,13)/b3-2+. The Morgan fingerprint density at radius 1 is 1.62 bits per heavy atom. The second-order valence-electron chi connectivity index (χ2n) is 2.76. The number of rotatable bonds is 4. The fourth-order valence-corrected chi connectivity index (χ4v) is 0.994. The van der Waals surface area contributed by atoms with Crippen molar-refractivity contribution in [1.82, 2.24) is 4.98 Å². The molecule has 0 aliphatic heterocycles. The molecule has 0 bridgehead atoms. The lowest BCUT2D eigenvalue weighted by molar-refractivity contribution is 1.05. The van der Waals surface area contributed by atoms with E-state index >= 15 is 0 Å². The first-order valence-electron chi connectivity index (χ1n) is 4.39. The molecule has 0 atom stereocenters. The van der Waals surface area contributed by atoms with Crippen LogP contribution < -0.4 is 11.1 Å². The van der Waals surface area contributed by atoms with Crippen molar-refractivity contribution >= 4 is 11.5 Å². The normalized spacial score (nSPS) is 10.5. The molecule has 3 nitrogen and oxygen atoms in total. The molecule has 0 aliphatic rings. The number of pyridine rings is 1. The van der Waals surface area contributed by atoms with Crippen molar-refractivity contribution in [2.45, 2.75) is 13.3 Å². The summed E-state index contributed by atoms with van der Waals surface area (Å²) in [6.45, 7) is 2.90. The van der Waals surface area contributed by atoms with Crippen LogP contribution in [0, 0.1) is 0 Å². The van der Waals surface area contributed by atoms with E-state index in [1.165, 1.54) is 0 Å². The maximum Gasteiger partial charge on any atom is 0.127 e. The lowest BCUT2D eigenvalue weighted by atomic mass is 10.3. The van der Waals surface area contributed by atoms with E-state index in [9.17, 15) is 0 Å². The number of allylic oxidation sites excluding steroid dienone is 1. The van der Waals surface area contributed by atoms with Crippen LogP contribution in [0.25, 0.3) is 0 Å². The minimum Gasteiger partial charge on any atom is -0.399 e. The summed E-state index contributed by atoms with van der Waals surface area (Å²) in [7, 11) is 0. The molecule has 1 aromatic heterocycles. The van der Waals surface area contributed by atoms with Gasteiger partial charge in [0.05, 0.1) is 0 Å². The number of nitrogens with two attached hydrogens (primary N) is 1. The molecule has 13 heavy (non-hydrogen) atoms. The second-order valence-corrected chi connectivity index (χ2v) is 2.76. The Morgan fingerprint density at radius 2 is 2.46 bits per heavy atom. The molecule has 0 amide bonds. The third-order valence-corrected chi connectivity index (χ3v) is 1.64. The summed E-state index contributed by atoms with van der Waals surface area (Å²) in [5.74, 6) is 0.838. The number of hydrogen-bond donors (Lipinski definition) is 2. The van der Waals surface area contributed by atoms with Gasteiger partial charge in [0.15, 0.2) is 0 Å². The second kappa shape index (κ2) is 5.19. The van der Waals surface area contributed by atoms with Crippen molar-refractivity contribution in [2.24, 2.45) is 0 Å². The zero-order valence-electron chi connectivity index (χ0n) is 7.83. The van der Waals surface area contributed by atoms with Gasteiger partial charge < -0.3 is 11.1 Å². The lowest BCUT2D eigenvalue weighted by Crippen LogP contribution is -2.02. The van der Waals surface area contributed by atoms with Crippen LogP contribution in [-0.4, -0.2) is 11.5 Å². The number of hydrogen-bond acceptors (Lipinski definition) is 3. The van der Waals surface area contributed by atoms with Crippen LogP contribution in [-0.2, 0) is 0 Å². The Balaban J connectivity index is 2.36. The highest BCUT2D eigenvalue weighted by atomic mass is 15.0. The number of aromatic nitrogens is 1. The molecule has 0 fully saturated rings. The quantitative estimate of drug-likeness (QED) is 0.546. The van der Waals surface area contributed by atoms with Crippen LogP contribution in [0.2, 0.25) is 0 Å². The summed E-state index contributed by atoms with van der Waals surface area (Å²) in [5.41, 5.74) is 6.33. The fraction of sp³-hybridized carbons (Fsp3) is 0.300. The summed E-state index contributed by atoms with van der Waals surface area (Å²) in [4.78, 5) is 4.12. The Morgan fingerprint density at radius 3 is 3.15 bits per heavy atom. The number of nitrogen functional groups attached to an aromatic ring is 1. The molecule has 0 aromatic carbocycles. The number of nitrogens with zero attached hydrogens (tertiary/aromatic N) is 1. The minimum absolute atomic E-state index is 0.739. The van der Waals surface area contributed by atoms with Crippen molar-refractivity contribution in [3.05, 3.63) is 30.5 Å².